The SMILES string of the molecule is Fc1ccccc1-c1nc2n(c1-c1ccc3cn[nH]c3c1)CCC2.Fc1ccccc1-c1nc2n(c1-c1ccc3nccnc3c1)CCC2.Fc1ccccc1-c1nc2n(c1-c1ccc3ncsc3c1)CCC2. The van der Waals surface area contributed by atoms with Crippen molar-refractivity contribution in [2.45, 2.75) is 58.2 Å². The Labute approximate surface area is 420 Å². The second-order valence-corrected chi connectivity index (χ2v) is 19.2. The molecule has 0 fully saturated rings. The zero-order chi connectivity index (χ0) is 49.0. The summed E-state index contributed by atoms with van der Waals surface area (Å²) in [5.74, 6) is 2.39. The normalized spacial score (nSPS) is 13.5. The van der Waals surface area contributed by atoms with Crippen LogP contribution in [0.3, 0.4) is 0 Å². The zero-order valence-electron chi connectivity index (χ0n) is 39.3. The number of hydrogen-bond acceptors (Lipinski definition) is 8. The maximum atomic E-state index is 14.4. The molecule has 0 aliphatic carbocycles. The molecule has 0 bridgehead atoms. The Morgan fingerprint density at radius 1 is 0.466 bits per heavy atom. The van der Waals surface area contributed by atoms with Crippen LogP contribution >= 0.6 is 11.3 Å². The minimum atomic E-state index is -0.249. The number of fused-ring (bicyclic) bond motifs is 6. The molecule has 3 aliphatic rings. The average molecular weight is 984 g/mol. The van der Waals surface area contributed by atoms with Gasteiger partial charge in [0.1, 0.15) is 34.9 Å². The molecule has 11 nitrogen and oxygen atoms in total. The molecule has 0 saturated carbocycles. The summed E-state index contributed by atoms with van der Waals surface area (Å²) >= 11 is 1.62. The third-order valence-corrected chi connectivity index (χ3v) is 14.7. The Balaban J connectivity index is 0.000000106. The number of imidazole rings is 3. The summed E-state index contributed by atoms with van der Waals surface area (Å²) in [6, 6.07) is 38.9. The van der Waals surface area contributed by atoms with E-state index in [0.717, 1.165) is 153 Å². The van der Waals surface area contributed by atoms with Crippen LogP contribution in [0.2, 0.25) is 0 Å². The fourth-order valence-electron chi connectivity index (χ4n) is 10.6. The number of thiazole rings is 1. The van der Waals surface area contributed by atoms with Gasteiger partial charge in [-0.15, -0.1) is 11.3 Å². The van der Waals surface area contributed by atoms with E-state index in [4.69, 9.17) is 15.0 Å². The molecule has 0 unspecified atom stereocenters. The van der Waals surface area contributed by atoms with Gasteiger partial charge >= 0.3 is 0 Å². The highest BCUT2D eigenvalue weighted by atomic mass is 32.1. The summed E-state index contributed by atoms with van der Waals surface area (Å²) in [5, 5.41) is 8.15. The minimum Gasteiger partial charge on any atom is -0.327 e. The summed E-state index contributed by atoms with van der Waals surface area (Å²) < 4.78 is 51.0. The first-order chi connectivity index (χ1) is 35.9. The standard InChI is InChI=1S/C20H15FN4.C19H15FN4.C19H14FN3S/c21-15-5-2-1-4-14(15)19-20(25-11-3-6-18(25)24-19)13-7-8-16-17(12-13)23-10-9-22-16;20-15-5-2-1-4-14(15)18-19(24-9-3-6-17(24)22-18)12-7-8-13-11-21-23-16(13)10-12;20-14-5-2-1-4-13(14)18-19(23-9-3-6-17(23)22-18)12-7-8-15-16(10-12)24-11-21-15/h1-2,4-5,7-10,12H,3,6,11H2;1-2,4-5,7-8,10-11H,3,6,9H2,(H,21,23);1-2,4-5,7-8,10-11H,3,6,9H2. The zero-order valence-corrected chi connectivity index (χ0v) is 40.1. The van der Waals surface area contributed by atoms with Crippen molar-refractivity contribution in [3.63, 3.8) is 0 Å². The van der Waals surface area contributed by atoms with Crippen molar-refractivity contribution < 1.29 is 13.2 Å². The van der Waals surface area contributed by atoms with Gasteiger partial charge in [-0.3, -0.25) is 15.1 Å². The third kappa shape index (κ3) is 8.05. The van der Waals surface area contributed by atoms with Gasteiger partial charge in [0, 0.05) is 90.1 Å². The van der Waals surface area contributed by atoms with Crippen molar-refractivity contribution in [3.8, 4) is 67.5 Å². The van der Waals surface area contributed by atoms with Crippen molar-refractivity contribution in [2.75, 3.05) is 0 Å². The molecule has 12 aromatic rings. The average Bonchev–Trinajstić information content (AvgIpc) is 4.28. The first-order valence-electron chi connectivity index (χ1n) is 24.4. The molecular weight excluding hydrogens is 940 g/mol. The van der Waals surface area contributed by atoms with Gasteiger partial charge in [0.2, 0.25) is 0 Å². The number of halogens is 3. The van der Waals surface area contributed by atoms with Crippen molar-refractivity contribution in [3.05, 3.63) is 186 Å². The van der Waals surface area contributed by atoms with E-state index in [2.05, 4.69) is 63.1 Å². The van der Waals surface area contributed by atoms with Crippen LogP contribution in [-0.2, 0) is 38.9 Å². The molecule has 1 N–H and O–H groups in total. The van der Waals surface area contributed by atoms with Gasteiger partial charge in [-0.1, -0.05) is 60.7 Å². The summed E-state index contributed by atoms with van der Waals surface area (Å²) in [7, 11) is 0. The molecule has 9 heterocycles. The summed E-state index contributed by atoms with van der Waals surface area (Å²) in [6.07, 6.45) is 11.2. The third-order valence-electron chi connectivity index (χ3n) is 13.9. The molecule has 73 heavy (non-hydrogen) atoms. The molecular formula is C58H44F3N11S. The van der Waals surface area contributed by atoms with Gasteiger partial charge in [0.15, 0.2) is 0 Å². The van der Waals surface area contributed by atoms with Crippen LogP contribution in [0.5, 0.6) is 0 Å². The van der Waals surface area contributed by atoms with E-state index in [-0.39, 0.29) is 17.5 Å². The van der Waals surface area contributed by atoms with E-state index in [1.165, 1.54) is 18.2 Å². The Morgan fingerprint density at radius 2 is 0.932 bits per heavy atom. The first-order valence-corrected chi connectivity index (χ1v) is 25.3. The van der Waals surface area contributed by atoms with Crippen molar-refractivity contribution in [1.29, 1.82) is 0 Å². The van der Waals surface area contributed by atoms with Crippen molar-refractivity contribution in [1.82, 2.24) is 53.8 Å². The van der Waals surface area contributed by atoms with Crippen LogP contribution in [0.1, 0.15) is 36.7 Å². The number of benzene rings is 6. The number of aromatic nitrogens is 11. The van der Waals surface area contributed by atoms with E-state index in [0.29, 0.717) is 22.4 Å². The smallest absolute Gasteiger partial charge is 0.132 e. The van der Waals surface area contributed by atoms with E-state index >= 15 is 0 Å². The molecule has 6 aromatic carbocycles. The molecule has 0 radical (unpaired) electrons. The Bertz CT molecular complexity index is 3880. The lowest BCUT2D eigenvalue weighted by atomic mass is 10.0. The lowest BCUT2D eigenvalue weighted by Crippen LogP contribution is -1.97. The maximum absolute atomic E-state index is 14.4. The Hall–Kier alpha value is -8.56. The Kier molecular flexibility index (Phi) is 11.3. The van der Waals surface area contributed by atoms with Crippen LogP contribution in [0, 0.1) is 17.5 Å². The van der Waals surface area contributed by atoms with Crippen LogP contribution < -0.4 is 0 Å². The highest BCUT2D eigenvalue weighted by Gasteiger charge is 2.28. The number of aromatic amines is 1. The number of H-pyrrole nitrogens is 1. The predicted molar refractivity (Wildman–Crippen MR) is 280 cm³/mol. The van der Waals surface area contributed by atoms with Gasteiger partial charge in [-0.05, 0) is 86.0 Å². The van der Waals surface area contributed by atoms with Gasteiger partial charge in [-0.25, -0.2) is 33.1 Å². The lowest BCUT2D eigenvalue weighted by molar-refractivity contribution is 0.630. The fraction of sp³-hybridized carbons (Fsp3) is 0.155. The van der Waals surface area contributed by atoms with Crippen molar-refractivity contribution >= 4 is 43.5 Å². The maximum Gasteiger partial charge on any atom is 0.132 e. The number of hydrogen-bond donors (Lipinski definition) is 1. The largest absolute Gasteiger partial charge is 0.327 e. The van der Waals surface area contributed by atoms with Crippen LogP contribution in [0.15, 0.2) is 151 Å². The molecule has 15 heteroatoms. The van der Waals surface area contributed by atoms with Gasteiger partial charge in [0.05, 0.1) is 72.6 Å². The number of nitrogens with zero attached hydrogens (tertiary/aromatic N) is 10. The molecule has 0 spiro atoms. The van der Waals surface area contributed by atoms with Crippen LogP contribution in [-0.4, -0.2) is 53.8 Å². The van der Waals surface area contributed by atoms with E-state index in [1.807, 2.05) is 60.1 Å². The Morgan fingerprint density at radius 3 is 1.47 bits per heavy atom. The predicted octanol–water partition coefficient (Wildman–Crippen LogP) is 13.3. The highest BCUT2D eigenvalue weighted by molar-refractivity contribution is 7.16. The van der Waals surface area contributed by atoms with Gasteiger partial charge < -0.3 is 13.7 Å². The molecule has 6 aromatic heterocycles. The molecule has 0 atom stereocenters. The number of aryl methyl sites for hydroxylation is 3. The quantitative estimate of drug-likeness (QED) is 0.176. The summed E-state index contributed by atoms with van der Waals surface area (Å²) in [6.45, 7) is 2.77. The molecule has 3 aliphatic heterocycles. The molecule has 0 amide bonds. The lowest BCUT2D eigenvalue weighted by Gasteiger charge is -2.10. The van der Waals surface area contributed by atoms with Gasteiger partial charge in [0.25, 0.3) is 0 Å². The highest BCUT2D eigenvalue weighted by Crippen LogP contribution is 2.41. The topological polar surface area (TPSA) is 121 Å². The second kappa shape index (κ2) is 18.6. The summed E-state index contributed by atoms with van der Waals surface area (Å²) in [4.78, 5) is 27.4. The molecule has 0 saturated heterocycles. The fourth-order valence-corrected chi connectivity index (χ4v) is 11.3. The number of nitrogens with one attached hydrogen (secondary N) is 1. The van der Waals surface area contributed by atoms with E-state index < -0.39 is 0 Å². The second-order valence-electron chi connectivity index (χ2n) is 18.3. The first kappa shape index (κ1) is 44.4. The van der Waals surface area contributed by atoms with Crippen LogP contribution in [0.4, 0.5) is 13.2 Å². The van der Waals surface area contributed by atoms with Crippen LogP contribution in [0.25, 0.3) is 99.7 Å². The molecule has 358 valence electrons. The van der Waals surface area contributed by atoms with Gasteiger partial charge in [-0.2, -0.15) is 5.10 Å². The van der Waals surface area contributed by atoms with Crippen molar-refractivity contribution in [2.24, 2.45) is 0 Å². The minimum absolute atomic E-state index is 0.227. The molecule has 15 rings (SSSR count). The monoisotopic (exact) mass is 983 g/mol. The van der Waals surface area contributed by atoms with E-state index in [1.54, 1.807) is 60.3 Å². The number of rotatable bonds is 6. The summed E-state index contributed by atoms with van der Waals surface area (Å²) in [5.41, 5.74) is 15.4. The van der Waals surface area contributed by atoms with E-state index in [9.17, 15) is 13.2 Å².